The molecular formula is C16H20N6O. The van der Waals surface area contributed by atoms with Crippen molar-refractivity contribution >= 4 is 22.8 Å². The first-order valence-corrected chi connectivity index (χ1v) is 7.57. The molecule has 7 nitrogen and oxygen atoms in total. The normalized spacial score (nSPS) is 22.4. The van der Waals surface area contributed by atoms with Crippen LogP contribution in [0, 0.1) is 12.5 Å². The van der Waals surface area contributed by atoms with E-state index in [2.05, 4.69) is 26.7 Å². The highest BCUT2D eigenvalue weighted by Gasteiger charge is 2.33. The molecule has 0 aliphatic carbocycles. The third kappa shape index (κ3) is 2.84. The SMILES string of the molecule is [2H]c1[nH]c2ncnc(N(C)[C@H]3CN(C(=O)C[N+]#[C-])CC[C@H]3C)c2c1[2H]. The molecule has 3 heterocycles. The Bertz CT molecular complexity index is 845. The molecule has 7 heteroatoms. The standard InChI is InChI=1S/C16H20N6O/c1-11-5-7-22(14(23)8-17-2)9-13(11)21(3)16-12-4-6-18-15(12)19-10-20-16/h4,6,10-11,13H,5,7-9H2,1,3H3,(H,18,19,20)/t11-,13+/m1/s1/i4D,6D. The molecular weight excluding hydrogens is 292 g/mol. The van der Waals surface area contributed by atoms with Crippen molar-refractivity contribution in [3.05, 3.63) is 30.0 Å². The Hall–Kier alpha value is -2.62. The van der Waals surface area contributed by atoms with Crippen molar-refractivity contribution in [3.63, 3.8) is 0 Å². The summed E-state index contributed by atoms with van der Waals surface area (Å²) in [4.78, 5) is 30.2. The van der Waals surface area contributed by atoms with E-state index in [1.807, 2.05) is 11.9 Å². The summed E-state index contributed by atoms with van der Waals surface area (Å²) in [5, 5.41) is 0.520. The number of hydrogen-bond acceptors (Lipinski definition) is 4. The fraction of sp³-hybridized carbons (Fsp3) is 0.500. The van der Waals surface area contributed by atoms with Gasteiger partial charge in [0.1, 0.15) is 17.8 Å². The molecule has 2 aromatic heterocycles. The van der Waals surface area contributed by atoms with Crippen molar-refractivity contribution in [1.29, 1.82) is 0 Å². The van der Waals surface area contributed by atoms with E-state index in [4.69, 9.17) is 9.31 Å². The van der Waals surface area contributed by atoms with E-state index in [-0.39, 0.29) is 30.7 Å². The number of rotatable bonds is 3. The molecule has 0 spiro atoms. The van der Waals surface area contributed by atoms with Crippen LogP contribution in [0.25, 0.3) is 15.9 Å². The van der Waals surface area contributed by atoms with Gasteiger partial charge in [-0.2, -0.15) is 0 Å². The minimum Gasteiger partial charge on any atom is -0.354 e. The lowest BCUT2D eigenvalue weighted by molar-refractivity contribution is -0.130. The number of fused-ring (bicyclic) bond motifs is 1. The first kappa shape index (κ1) is 12.9. The van der Waals surface area contributed by atoms with Crippen molar-refractivity contribution in [3.8, 4) is 0 Å². The summed E-state index contributed by atoms with van der Waals surface area (Å²) < 4.78 is 15.9. The van der Waals surface area contributed by atoms with Crippen LogP contribution in [0.4, 0.5) is 5.82 Å². The van der Waals surface area contributed by atoms with E-state index in [0.717, 1.165) is 6.42 Å². The average Bonchev–Trinajstić information content (AvgIpc) is 2.89. The molecule has 1 saturated heterocycles. The quantitative estimate of drug-likeness (QED) is 0.873. The first-order chi connectivity index (χ1) is 11.9. The molecule has 120 valence electrons. The lowest BCUT2D eigenvalue weighted by Gasteiger charge is -2.41. The molecule has 2 atom stereocenters. The summed E-state index contributed by atoms with van der Waals surface area (Å²) >= 11 is 0. The molecule has 3 rings (SSSR count). The van der Waals surface area contributed by atoms with Crippen molar-refractivity contribution < 1.29 is 7.54 Å². The van der Waals surface area contributed by atoms with Crippen LogP contribution in [0.15, 0.2) is 18.5 Å². The number of anilines is 1. The molecule has 1 N–H and O–H groups in total. The Balaban J connectivity index is 1.93. The Morgan fingerprint density at radius 1 is 1.65 bits per heavy atom. The van der Waals surface area contributed by atoms with Gasteiger partial charge in [-0.05, 0) is 18.4 Å². The summed E-state index contributed by atoms with van der Waals surface area (Å²) in [6, 6.07) is 0.0897. The van der Waals surface area contributed by atoms with Crippen LogP contribution in [-0.4, -0.2) is 58.5 Å². The topological polar surface area (TPSA) is 69.5 Å². The number of nitrogens with one attached hydrogen (secondary N) is 1. The number of carbonyl (C=O) groups is 1. The number of aromatic nitrogens is 3. The van der Waals surface area contributed by atoms with Gasteiger partial charge in [0.05, 0.1) is 14.2 Å². The third-order valence-electron chi connectivity index (χ3n) is 4.51. The van der Waals surface area contributed by atoms with E-state index < -0.39 is 0 Å². The van der Waals surface area contributed by atoms with Gasteiger partial charge in [-0.25, -0.2) is 16.5 Å². The fourth-order valence-electron chi connectivity index (χ4n) is 3.11. The van der Waals surface area contributed by atoms with Gasteiger partial charge in [-0.3, -0.25) is 4.79 Å². The van der Waals surface area contributed by atoms with Crippen LogP contribution in [0.2, 0.25) is 0 Å². The number of hydrogen-bond donors (Lipinski definition) is 1. The van der Waals surface area contributed by atoms with Gasteiger partial charge in [0.25, 0.3) is 6.54 Å². The van der Waals surface area contributed by atoms with Gasteiger partial charge >= 0.3 is 5.91 Å². The Kier molecular flexibility index (Phi) is 3.50. The molecule has 0 saturated carbocycles. The maximum atomic E-state index is 12.1. The van der Waals surface area contributed by atoms with E-state index in [1.165, 1.54) is 6.33 Å². The zero-order valence-electron chi connectivity index (χ0n) is 15.2. The fourth-order valence-corrected chi connectivity index (χ4v) is 3.11. The Morgan fingerprint density at radius 3 is 3.26 bits per heavy atom. The molecule has 0 aromatic carbocycles. The summed E-state index contributed by atoms with van der Waals surface area (Å²) in [5.41, 5.74) is 0.469. The number of aromatic amines is 1. The predicted octanol–water partition coefficient (Wildman–Crippen LogP) is 1.55. The van der Waals surface area contributed by atoms with Crippen molar-refractivity contribution in [2.45, 2.75) is 19.4 Å². The largest absolute Gasteiger partial charge is 0.354 e. The third-order valence-corrected chi connectivity index (χ3v) is 4.51. The van der Waals surface area contributed by atoms with E-state index in [1.54, 1.807) is 4.90 Å². The van der Waals surface area contributed by atoms with E-state index >= 15 is 0 Å². The second-order valence-corrected chi connectivity index (χ2v) is 5.90. The van der Waals surface area contributed by atoms with Crippen molar-refractivity contribution in [2.24, 2.45) is 5.92 Å². The van der Waals surface area contributed by atoms with Crippen molar-refractivity contribution in [2.75, 3.05) is 31.6 Å². The van der Waals surface area contributed by atoms with Crippen LogP contribution in [-0.2, 0) is 4.79 Å². The number of amides is 1. The highest BCUT2D eigenvalue weighted by molar-refractivity contribution is 5.87. The second kappa shape index (κ2) is 6.24. The van der Waals surface area contributed by atoms with Crippen LogP contribution in [0.5, 0.6) is 0 Å². The maximum Gasteiger partial charge on any atom is 0.302 e. The van der Waals surface area contributed by atoms with E-state index in [0.29, 0.717) is 35.9 Å². The first-order valence-electron chi connectivity index (χ1n) is 8.57. The monoisotopic (exact) mass is 314 g/mol. The molecule has 1 aliphatic rings. The zero-order valence-corrected chi connectivity index (χ0v) is 13.2. The molecule has 23 heavy (non-hydrogen) atoms. The molecule has 1 amide bonds. The second-order valence-electron chi connectivity index (χ2n) is 5.90. The lowest BCUT2D eigenvalue weighted by Crippen LogP contribution is -2.53. The molecule has 0 radical (unpaired) electrons. The maximum absolute atomic E-state index is 12.1. The van der Waals surface area contributed by atoms with Crippen molar-refractivity contribution in [1.82, 2.24) is 19.9 Å². The molecule has 0 unspecified atom stereocenters. The van der Waals surface area contributed by atoms with E-state index in [9.17, 15) is 4.79 Å². The number of likely N-dealkylation sites (tertiary alicyclic amines) is 1. The van der Waals surface area contributed by atoms with Crippen LogP contribution in [0.3, 0.4) is 0 Å². The van der Waals surface area contributed by atoms with Gasteiger partial charge in [-0.15, -0.1) is 0 Å². The Labute approximate surface area is 137 Å². The number of likely N-dealkylation sites (N-methyl/N-ethyl adjacent to an activating group) is 1. The highest BCUT2D eigenvalue weighted by Crippen LogP contribution is 2.28. The smallest absolute Gasteiger partial charge is 0.302 e. The summed E-state index contributed by atoms with van der Waals surface area (Å²) in [7, 11) is 1.89. The van der Waals surface area contributed by atoms with Gasteiger partial charge < -0.3 is 19.6 Å². The zero-order chi connectivity index (χ0) is 18.1. The summed E-state index contributed by atoms with van der Waals surface area (Å²) in [6.45, 7) is 10.1. The summed E-state index contributed by atoms with van der Waals surface area (Å²) in [5.74, 6) is 0.765. The molecule has 1 aliphatic heterocycles. The van der Waals surface area contributed by atoms with Gasteiger partial charge in [-0.1, -0.05) is 6.92 Å². The van der Waals surface area contributed by atoms with Gasteiger partial charge in [0.2, 0.25) is 0 Å². The van der Waals surface area contributed by atoms with Gasteiger partial charge in [0, 0.05) is 26.3 Å². The van der Waals surface area contributed by atoms with Crippen LogP contribution < -0.4 is 4.90 Å². The number of carbonyl (C=O) groups excluding carboxylic acids is 1. The minimum atomic E-state index is -0.149. The predicted molar refractivity (Wildman–Crippen MR) is 87.9 cm³/mol. The van der Waals surface area contributed by atoms with Gasteiger partial charge in [0.15, 0.2) is 0 Å². The van der Waals surface area contributed by atoms with Crippen LogP contribution in [0.1, 0.15) is 16.1 Å². The summed E-state index contributed by atoms with van der Waals surface area (Å²) in [6.07, 6.45) is 2.27. The average molecular weight is 314 g/mol. The lowest BCUT2D eigenvalue weighted by atomic mass is 9.92. The van der Waals surface area contributed by atoms with Crippen LogP contribution >= 0.6 is 0 Å². The molecule has 0 bridgehead atoms. The highest BCUT2D eigenvalue weighted by atomic mass is 16.2. The molecule has 1 fully saturated rings. The Morgan fingerprint density at radius 2 is 2.48 bits per heavy atom. The number of H-pyrrole nitrogens is 1. The number of piperidine rings is 1. The molecule has 2 aromatic rings. The minimum absolute atomic E-state index is 0.00991. The number of nitrogens with zero attached hydrogens (tertiary/aromatic N) is 5.